The summed E-state index contributed by atoms with van der Waals surface area (Å²) in [5.41, 5.74) is 18.4. The van der Waals surface area contributed by atoms with Gasteiger partial charge in [-0.15, -0.1) is 11.3 Å². The van der Waals surface area contributed by atoms with E-state index in [4.69, 9.17) is 19.4 Å². The van der Waals surface area contributed by atoms with Crippen LogP contribution in [-0.4, -0.2) is 15.0 Å². The quantitative estimate of drug-likeness (QED) is 0.152. The molecule has 0 atom stereocenters. The number of fused-ring (bicyclic) bond motifs is 9. The van der Waals surface area contributed by atoms with E-state index in [9.17, 15) is 0 Å². The number of hydrogen-bond acceptors (Lipinski definition) is 5. The maximum absolute atomic E-state index is 6.62. The highest BCUT2D eigenvalue weighted by Crippen LogP contribution is 2.57. The maximum Gasteiger partial charge on any atom is 0.164 e. The molecule has 5 heteroatoms. The van der Waals surface area contributed by atoms with Crippen LogP contribution in [-0.2, 0) is 5.41 Å². The first-order valence-electron chi connectivity index (χ1n) is 25.4. The van der Waals surface area contributed by atoms with E-state index in [0.717, 1.165) is 66.4 Å². The average Bonchev–Trinajstić information content (AvgIpc) is 4.15. The summed E-state index contributed by atoms with van der Waals surface area (Å²) in [6, 6.07) is 93.7. The second-order valence-electron chi connectivity index (χ2n) is 19.4. The van der Waals surface area contributed by atoms with Crippen LogP contribution in [0.2, 0.25) is 0 Å². The van der Waals surface area contributed by atoms with Gasteiger partial charge in [0.2, 0.25) is 0 Å². The van der Waals surface area contributed by atoms with Crippen molar-refractivity contribution in [1.29, 1.82) is 0 Å². The third-order valence-electron chi connectivity index (χ3n) is 15.3. The molecule has 350 valence electrons. The van der Waals surface area contributed by atoms with Crippen molar-refractivity contribution >= 4 is 53.4 Å². The molecule has 75 heavy (non-hydrogen) atoms. The number of furan rings is 1. The number of thiophene rings is 1. The van der Waals surface area contributed by atoms with Gasteiger partial charge in [-0.1, -0.05) is 224 Å². The van der Waals surface area contributed by atoms with E-state index in [2.05, 4.69) is 243 Å². The molecule has 0 amide bonds. The summed E-state index contributed by atoms with van der Waals surface area (Å²) in [5, 5.41) is 4.45. The molecule has 0 unspecified atom stereocenters. The average molecular weight is 974 g/mol. The molecule has 0 saturated heterocycles. The van der Waals surface area contributed by atoms with Gasteiger partial charge in [-0.25, -0.2) is 15.0 Å². The first-order chi connectivity index (χ1) is 37.1. The van der Waals surface area contributed by atoms with Crippen molar-refractivity contribution in [2.24, 2.45) is 0 Å². The van der Waals surface area contributed by atoms with Gasteiger partial charge in [0.15, 0.2) is 17.5 Å². The van der Waals surface area contributed by atoms with Crippen LogP contribution >= 0.6 is 11.3 Å². The van der Waals surface area contributed by atoms with E-state index >= 15 is 0 Å². The number of hydrogen-bond donors (Lipinski definition) is 0. The molecule has 0 bridgehead atoms. The highest BCUT2D eigenvalue weighted by molar-refractivity contribution is 7.25. The molecule has 0 fully saturated rings. The van der Waals surface area contributed by atoms with Gasteiger partial charge in [0.1, 0.15) is 11.2 Å². The zero-order chi connectivity index (χ0) is 49.5. The van der Waals surface area contributed by atoms with Gasteiger partial charge in [0.25, 0.3) is 0 Å². The summed E-state index contributed by atoms with van der Waals surface area (Å²) in [5.74, 6) is 1.81. The smallest absolute Gasteiger partial charge is 0.164 e. The Morgan fingerprint density at radius 3 is 1.56 bits per heavy atom. The van der Waals surface area contributed by atoms with Crippen molar-refractivity contribution in [3.8, 4) is 78.7 Å². The molecule has 1 aliphatic carbocycles. The fourth-order valence-corrected chi connectivity index (χ4v) is 12.9. The molecule has 0 spiro atoms. The Hall–Kier alpha value is -9.55. The van der Waals surface area contributed by atoms with Gasteiger partial charge in [0.05, 0.1) is 5.41 Å². The van der Waals surface area contributed by atoms with Crippen LogP contribution in [0.4, 0.5) is 0 Å². The fourth-order valence-electron chi connectivity index (χ4n) is 11.7. The Bertz CT molecular complexity index is 4470. The molecule has 4 nitrogen and oxygen atoms in total. The van der Waals surface area contributed by atoms with Crippen molar-refractivity contribution in [2.45, 2.75) is 5.41 Å². The molecule has 0 aliphatic heterocycles. The molecule has 14 aromatic rings. The van der Waals surface area contributed by atoms with E-state index in [1.165, 1.54) is 59.1 Å². The largest absolute Gasteiger partial charge is 0.456 e. The molecule has 0 N–H and O–H groups in total. The van der Waals surface area contributed by atoms with E-state index < -0.39 is 5.41 Å². The van der Waals surface area contributed by atoms with E-state index in [1.54, 1.807) is 11.3 Å². The van der Waals surface area contributed by atoms with Gasteiger partial charge in [-0.2, -0.15) is 0 Å². The molecule has 0 radical (unpaired) electrons. The van der Waals surface area contributed by atoms with E-state index in [0.29, 0.717) is 17.5 Å². The molecule has 11 aromatic carbocycles. The fraction of sp³-hybridized carbons (Fsp3) is 0.0143. The Kier molecular flexibility index (Phi) is 9.94. The van der Waals surface area contributed by atoms with Crippen molar-refractivity contribution in [1.82, 2.24) is 15.0 Å². The van der Waals surface area contributed by atoms with Gasteiger partial charge in [0, 0.05) is 47.6 Å². The minimum Gasteiger partial charge on any atom is -0.456 e. The Morgan fingerprint density at radius 1 is 0.293 bits per heavy atom. The van der Waals surface area contributed by atoms with Crippen molar-refractivity contribution < 1.29 is 4.42 Å². The normalized spacial score (nSPS) is 12.6. The van der Waals surface area contributed by atoms with Gasteiger partial charge < -0.3 is 4.42 Å². The Balaban J connectivity index is 0.829. The summed E-state index contributed by atoms with van der Waals surface area (Å²) in [6.07, 6.45) is 0. The van der Waals surface area contributed by atoms with Crippen LogP contribution in [0.1, 0.15) is 22.3 Å². The maximum atomic E-state index is 6.62. The SMILES string of the molecule is c1ccc(-c2ccc(-c3nc(-c4ccc5c(c4)sc4ccccc45)nc(-c4cccc5oc6ccc(-c7ccc(-c8ccc9c(c8)C(c8ccccc8)(c8ccccc8)c8ccccc8-9)cc7)cc6c45)n3)cc2)cc1. The number of nitrogens with zero attached hydrogens (tertiary/aromatic N) is 3. The third-order valence-corrected chi connectivity index (χ3v) is 16.4. The number of benzene rings is 11. The molecule has 15 rings (SSSR count). The summed E-state index contributed by atoms with van der Waals surface area (Å²) in [7, 11) is 0. The standard InChI is InChI=1S/C70H43N3OS/c1-4-15-44(16-5-1)45-31-33-48(34-32-45)67-71-68(51-36-39-57-56-22-11-13-26-64(56)75-65(57)43-51)73-69(72-67)58-23-14-25-63-66(58)59-41-49(37-40-62(59)74-63)46-27-29-47(30-28-46)50-35-38-55-54-21-10-12-24-60(54)70(61(55)42-50,52-17-6-2-7-18-52)53-19-8-3-9-20-53/h1-43H. The van der Waals surface area contributed by atoms with Crippen molar-refractivity contribution in [3.63, 3.8) is 0 Å². The van der Waals surface area contributed by atoms with Crippen LogP contribution in [0.5, 0.6) is 0 Å². The highest BCUT2D eigenvalue weighted by atomic mass is 32.1. The number of aromatic nitrogens is 3. The lowest BCUT2D eigenvalue weighted by Gasteiger charge is -2.34. The van der Waals surface area contributed by atoms with Crippen LogP contribution in [0.15, 0.2) is 265 Å². The van der Waals surface area contributed by atoms with Gasteiger partial charge in [-0.05, 0) is 103 Å². The predicted octanol–water partition coefficient (Wildman–Crippen LogP) is 18.5. The molecular formula is C70H43N3OS. The molecular weight excluding hydrogens is 931 g/mol. The van der Waals surface area contributed by atoms with Crippen LogP contribution in [0.25, 0.3) is 121 Å². The summed E-state index contributed by atoms with van der Waals surface area (Å²) >= 11 is 1.79. The van der Waals surface area contributed by atoms with Gasteiger partial charge in [-0.3, -0.25) is 0 Å². The lowest BCUT2D eigenvalue weighted by molar-refractivity contribution is 0.669. The minimum atomic E-state index is -0.460. The lowest BCUT2D eigenvalue weighted by Crippen LogP contribution is -2.28. The summed E-state index contributed by atoms with van der Waals surface area (Å²) in [4.78, 5) is 15.8. The Labute approximate surface area is 437 Å². The number of rotatable bonds is 8. The topological polar surface area (TPSA) is 51.8 Å². The zero-order valence-corrected chi connectivity index (χ0v) is 41.3. The second kappa shape index (κ2) is 17.3. The molecule has 3 aromatic heterocycles. The lowest BCUT2D eigenvalue weighted by atomic mass is 9.67. The Morgan fingerprint density at radius 2 is 0.813 bits per heavy atom. The molecule has 1 aliphatic rings. The van der Waals surface area contributed by atoms with Crippen molar-refractivity contribution in [2.75, 3.05) is 0 Å². The summed E-state index contributed by atoms with van der Waals surface area (Å²) in [6.45, 7) is 0. The third kappa shape index (κ3) is 7.00. The minimum absolute atomic E-state index is 0.460. The van der Waals surface area contributed by atoms with Crippen LogP contribution in [0.3, 0.4) is 0 Å². The summed E-state index contributed by atoms with van der Waals surface area (Å²) < 4.78 is 9.07. The molecule has 3 heterocycles. The second-order valence-corrected chi connectivity index (χ2v) is 20.5. The van der Waals surface area contributed by atoms with Crippen LogP contribution in [0, 0.1) is 0 Å². The molecule has 0 saturated carbocycles. The highest BCUT2D eigenvalue weighted by Gasteiger charge is 2.46. The zero-order valence-electron chi connectivity index (χ0n) is 40.5. The van der Waals surface area contributed by atoms with E-state index in [1.807, 2.05) is 18.2 Å². The predicted molar refractivity (Wildman–Crippen MR) is 310 cm³/mol. The van der Waals surface area contributed by atoms with E-state index in [-0.39, 0.29) is 0 Å². The van der Waals surface area contributed by atoms with Crippen molar-refractivity contribution in [3.05, 3.63) is 283 Å². The first-order valence-corrected chi connectivity index (χ1v) is 26.2. The van der Waals surface area contributed by atoms with Crippen LogP contribution < -0.4 is 0 Å². The monoisotopic (exact) mass is 973 g/mol. The first kappa shape index (κ1) is 43.1. The van der Waals surface area contributed by atoms with Gasteiger partial charge >= 0.3 is 0 Å².